The molecule has 0 bridgehead atoms. The van der Waals surface area contributed by atoms with E-state index in [-0.39, 0.29) is 5.56 Å². The van der Waals surface area contributed by atoms with Crippen molar-refractivity contribution >= 4 is 0 Å². The van der Waals surface area contributed by atoms with Crippen LogP contribution >= 0.6 is 0 Å². The van der Waals surface area contributed by atoms with Gasteiger partial charge in [-0.1, -0.05) is 18.2 Å². The first-order valence-electron chi connectivity index (χ1n) is 5.03. The number of rotatable bonds is 2. The summed E-state index contributed by atoms with van der Waals surface area (Å²) in [6, 6.07) is 9.66. The molecule has 0 saturated carbocycles. The van der Waals surface area contributed by atoms with Crippen molar-refractivity contribution in [3.05, 3.63) is 65.2 Å². The van der Waals surface area contributed by atoms with Gasteiger partial charge in [0, 0.05) is 17.5 Å². The summed E-state index contributed by atoms with van der Waals surface area (Å²) >= 11 is 0. The van der Waals surface area contributed by atoms with Gasteiger partial charge in [-0.2, -0.15) is 0 Å². The van der Waals surface area contributed by atoms with E-state index in [9.17, 15) is 9.50 Å². The highest BCUT2D eigenvalue weighted by atomic mass is 19.1. The van der Waals surface area contributed by atoms with Crippen LogP contribution in [0.5, 0.6) is 0 Å². The molecule has 82 valence electrons. The van der Waals surface area contributed by atoms with Crippen LogP contribution in [0.4, 0.5) is 4.39 Å². The molecule has 1 heterocycles. The molecule has 0 amide bonds. The lowest BCUT2D eigenvalue weighted by Crippen LogP contribution is -2.03. The molecule has 0 fully saturated rings. The van der Waals surface area contributed by atoms with Gasteiger partial charge in [0.25, 0.3) is 0 Å². The van der Waals surface area contributed by atoms with Crippen molar-refractivity contribution in [2.75, 3.05) is 0 Å². The number of hydrogen-bond acceptors (Lipinski definition) is 2. The molecule has 1 unspecified atom stereocenters. The number of halogens is 1. The van der Waals surface area contributed by atoms with E-state index in [1.54, 1.807) is 36.5 Å². The molecule has 0 radical (unpaired) electrons. The molecule has 1 N–H and O–H groups in total. The average Bonchev–Trinajstić information content (AvgIpc) is 2.29. The standard InChI is InChI=1S/C13H12FNO/c1-9-8-10(6-7-15-9)13(16)11-4-2-3-5-12(11)14/h2-8,13,16H,1H3. The normalized spacial score (nSPS) is 12.4. The molecule has 0 spiro atoms. The lowest BCUT2D eigenvalue weighted by molar-refractivity contribution is 0.215. The van der Waals surface area contributed by atoms with Crippen molar-refractivity contribution in [2.24, 2.45) is 0 Å². The van der Waals surface area contributed by atoms with Crippen LogP contribution in [0.2, 0.25) is 0 Å². The predicted octanol–water partition coefficient (Wildman–Crippen LogP) is 2.61. The van der Waals surface area contributed by atoms with E-state index in [2.05, 4.69) is 4.98 Å². The van der Waals surface area contributed by atoms with Gasteiger partial charge in [0.1, 0.15) is 11.9 Å². The Balaban J connectivity index is 2.39. The lowest BCUT2D eigenvalue weighted by Gasteiger charge is -2.12. The topological polar surface area (TPSA) is 33.1 Å². The fourth-order valence-corrected chi connectivity index (χ4v) is 1.61. The van der Waals surface area contributed by atoms with Gasteiger partial charge in [-0.25, -0.2) is 4.39 Å². The number of aromatic nitrogens is 1. The van der Waals surface area contributed by atoms with E-state index in [1.807, 2.05) is 6.92 Å². The summed E-state index contributed by atoms with van der Waals surface area (Å²) < 4.78 is 13.5. The second kappa shape index (κ2) is 4.41. The van der Waals surface area contributed by atoms with E-state index in [0.717, 1.165) is 5.69 Å². The first-order chi connectivity index (χ1) is 7.68. The zero-order chi connectivity index (χ0) is 11.5. The van der Waals surface area contributed by atoms with Crippen molar-refractivity contribution in [3.63, 3.8) is 0 Å². The molecular weight excluding hydrogens is 205 g/mol. The highest BCUT2D eigenvalue weighted by Crippen LogP contribution is 2.23. The summed E-state index contributed by atoms with van der Waals surface area (Å²) in [7, 11) is 0. The third kappa shape index (κ3) is 2.09. The molecule has 1 atom stereocenters. The van der Waals surface area contributed by atoms with Gasteiger partial charge in [-0.15, -0.1) is 0 Å². The molecule has 0 aliphatic carbocycles. The Kier molecular flexibility index (Phi) is 2.97. The minimum absolute atomic E-state index is 0.285. The van der Waals surface area contributed by atoms with Crippen LogP contribution in [-0.2, 0) is 0 Å². The van der Waals surface area contributed by atoms with E-state index in [1.165, 1.54) is 6.07 Å². The number of aliphatic hydroxyl groups is 1. The maximum absolute atomic E-state index is 13.5. The molecule has 2 nitrogen and oxygen atoms in total. The maximum atomic E-state index is 13.5. The zero-order valence-corrected chi connectivity index (χ0v) is 8.89. The molecule has 0 aliphatic rings. The Labute approximate surface area is 93.4 Å². The summed E-state index contributed by atoms with van der Waals surface area (Å²) in [6.07, 6.45) is 0.664. The fourth-order valence-electron chi connectivity index (χ4n) is 1.61. The quantitative estimate of drug-likeness (QED) is 0.838. The Morgan fingerprint density at radius 1 is 1.25 bits per heavy atom. The first kappa shape index (κ1) is 10.8. The zero-order valence-electron chi connectivity index (χ0n) is 8.89. The van der Waals surface area contributed by atoms with Crippen molar-refractivity contribution in [2.45, 2.75) is 13.0 Å². The summed E-state index contributed by atoms with van der Waals surface area (Å²) in [5, 5.41) is 10.0. The van der Waals surface area contributed by atoms with Crippen LogP contribution in [0.25, 0.3) is 0 Å². The fraction of sp³-hybridized carbons (Fsp3) is 0.154. The molecule has 3 heteroatoms. The van der Waals surface area contributed by atoms with Gasteiger partial charge in [-0.3, -0.25) is 4.98 Å². The minimum Gasteiger partial charge on any atom is -0.384 e. The van der Waals surface area contributed by atoms with Crippen molar-refractivity contribution < 1.29 is 9.50 Å². The third-order valence-electron chi connectivity index (χ3n) is 2.44. The Morgan fingerprint density at radius 3 is 2.69 bits per heavy atom. The minimum atomic E-state index is -0.942. The number of aryl methyl sites for hydroxylation is 1. The van der Waals surface area contributed by atoms with E-state index in [0.29, 0.717) is 5.56 Å². The summed E-state index contributed by atoms with van der Waals surface area (Å²) in [5.74, 6) is -0.399. The molecule has 2 rings (SSSR count). The second-order valence-electron chi connectivity index (χ2n) is 3.65. The molecule has 1 aromatic heterocycles. The Bertz CT molecular complexity index is 499. The van der Waals surface area contributed by atoms with Crippen molar-refractivity contribution in [1.82, 2.24) is 4.98 Å². The molecule has 0 saturated heterocycles. The van der Waals surface area contributed by atoms with Crippen molar-refractivity contribution in [3.8, 4) is 0 Å². The van der Waals surface area contributed by atoms with Gasteiger partial charge < -0.3 is 5.11 Å². The SMILES string of the molecule is Cc1cc(C(O)c2ccccc2F)ccn1. The van der Waals surface area contributed by atoms with E-state index >= 15 is 0 Å². The smallest absolute Gasteiger partial charge is 0.129 e. The van der Waals surface area contributed by atoms with Crippen LogP contribution in [0.1, 0.15) is 22.9 Å². The van der Waals surface area contributed by atoms with Crippen LogP contribution in [0.15, 0.2) is 42.6 Å². The summed E-state index contributed by atoms with van der Waals surface area (Å²) in [5.41, 5.74) is 1.73. The van der Waals surface area contributed by atoms with Crippen molar-refractivity contribution in [1.29, 1.82) is 0 Å². The summed E-state index contributed by atoms with van der Waals surface area (Å²) in [4.78, 5) is 4.03. The van der Waals surface area contributed by atoms with E-state index < -0.39 is 11.9 Å². The molecule has 2 aromatic rings. The van der Waals surface area contributed by atoms with Gasteiger partial charge in [0.05, 0.1) is 0 Å². The van der Waals surface area contributed by atoms with Crippen LogP contribution < -0.4 is 0 Å². The maximum Gasteiger partial charge on any atom is 0.129 e. The van der Waals surface area contributed by atoms with Gasteiger partial charge in [-0.05, 0) is 30.7 Å². The number of nitrogens with zero attached hydrogens (tertiary/aromatic N) is 1. The number of benzene rings is 1. The molecule has 16 heavy (non-hydrogen) atoms. The molecular formula is C13H12FNO. The first-order valence-corrected chi connectivity index (χ1v) is 5.03. The molecule has 0 aliphatic heterocycles. The lowest BCUT2D eigenvalue weighted by atomic mass is 10.0. The van der Waals surface area contributed by atoms with Gasteiger partial charge in [0.15, 0.2) is 0 Å². The highest BCUT2D eigenvalue weighted by Gasteiger charge is 2.14. The van der Waals surface area contributed by atoms with Gasteiger partial charge in [0.2, 0.25) is 0 Å². The van der Waals surface area contributed by atoms with Crippen LogP contribution in [0, 0.1) is 12.7 Å². The largest absolute Gasteiger partial charge is 0.384 e. The highest BCUT2D eigenvalue weighted by molar-refractivity contribution is 5.30. The number of pyridine rings is 1. The number of aliphatic hydroxyl groups excluding tert-OH is 1. The van der Waals surface area contributed by atoms with E-state index in [4.69, 9.17) is 0 Å². The second-order valence-corrected chi connectivity index (χ2v) is 3.65. The van der Waals surface area contributed by atoms with Gasteiger partial charge >= 0.3 is 0 Å². The van der Waals surface area contributed by atoms with Crippen LogP contribution in [-0.4, -0.2) is 10.1 Å². The third-order valence-corrected chi connectivity index (χ3v) is 2.44. The number of hydrogen-bond donors (Lipinski definition) is 1. The predicted molar refractivity (Wildman–Crippen MR) is 59.4 cm³/mol. The monoisotopic (exact) mass is 217 g/mol. The van der Waals surface area contributed by atoms with Crippen LogP contribution in [0.3, 0.4) is 0 Å². The average molecular weight is 217 g/mol. The molecule has 1 aromatic carbocycles. The Hall–Kier alpha value is -1.74. The summed E-state index contributed by atoms with van der Waals surface area (Å²) in [6.45, 7) is 1.83. The Morgan fingerprint density at radius 2 is 2.00 bits per heavy atom.